The number of sulfonamides is 1. The molecule has 0 radical (unpaired) electrons. The van der Waals surface area contributed by atoms with Crippen LogP contribution in [0, 0.1) is 0 Å². The fraction of sp³-hybridized carbons (Fsp3) is 0.500. The smallest absolute Gasteiger partial charge is 0.251 e. The number of benzene rings is 1. The molecule has 2 fully saturated rings. The molecule has 2 N–H and O–H groups in total. The Bertz CT molecular complexity index is 634. The van der Waals surface area contributed by atoms with Gasteiger partial charge in [0.2, 0.25) is 10.0 Å². The van der Waals surface area contributed by atoms with Gasteiger partial charge in [-0.1, -0.05) is 6.07 Å². The Morgan fingerprint density at radius 1 is 1.19 bits per heavy atom. The van der Waals surface area contributed by atoms with Crippen molar-refractivity contribution in [1.29, 1.82) is 0 Å². The summed E-state index contributed by atoms with van der Waals surface area (Å²) in [5.74, 6) is -0.269. The molecule has 1 heterocycles. The van der Waals surface area contributed by atoms with E-state index in [-0.39, 0.29) is 22.9 Å². The van der Waals surface area contributed by atoms with Gasteiger partial charge >= 0.3 is 0 Å². The third-order valence-corrected chi connectivity index (χ3v) is 5.09. The minimum absolute atomic E-state index is 0.00218. The van der Waals surface area contributed by atoms with Gasteiger partial charge < -0.3 is 10.1 Å². The summed E-state index contributed by atoms with van der Waals surface area (Å²) < 4.78 is 32.1. The first kappa shape index (κ1) is 14.5. The maximum Gasteiger partial charge on any atom is 0.251 e. The van der Waals surface area contributed by atoms with Crippen molar-refractivity contribution in [3.63, 3.8) is 0 Å². The van der Waals surface area contributed by atoms with Crippen molar-refractivity contribution in [2.45, 2.75) is 36.2 Å². The first-order valence-corrected chi connectivity index (χ1v) is 8.54. The van der Waals surface area contributed by atoms with Crippen molar-refractivity contribution in [2.24, 2.45) is 0 Å². The van der Waals surface area contributed by atoms with E-state index < -0.39 is 10.0 Å². The second-order valence-electron chi connectivity index (χ2n) is 5.46. The normalized spacial score (nSPS) is 22.2. The Hall–Kier alpha value is -1.44. The van der Waals surface area contributed by atoms with E-state index in [0.29, 0.717) is 18.8 Å². The molecule has 0 aromatic heterocycles. The topological polar surface area (TPSA) is 84.5 Å². The zero-order valence-corrected chi connectivity index (χ0v) is 12.4. The molecule has 1 saturated carbocycles. The molecule has 1 aromatic carbocycles. The molecule has 21 heavy (non-hydrogen) atoms. The Balaban J connectivity index is 1.74. The number of carbonyl (C=O) groups is 1. The third-order valence-electron chi connectivity index (χ3n) is 3.57. The number of carbonyl (C=O) groups excluding carboxylic acids is 1. The van der Waals surface area contributed by atoms with Crippen LogP contribution in [0.1, 0.15) is 29.6 Å². The minimum Gasteiger partial charge on any atom is -0.379 e. The Morgan fingerprint density at radius 3 is 2.67 bits per heavy atom. The molecule has 2 aliphatic rings. The van der Waals surface area contributed by atoms with Crippen LogP contribution in [0.15, 0.2) is 29.2 Å². The average molecular weight is 310 g/mol. The molecular weight excluding hydrogens is 292 g/mol. The van der Waals surface area contributed by atoms with Crippen LogP contribution >= 0.6 is 0 Å². The van der Waals surface area contributed by atoms with Crippen molar-refractivity contribution < 1.29 is 17.9 Å². The molecule has 1 aliphatic heterocycles. The van der Waals surface area contributed by atoms with E-state index in [4.69, 9.17) is 4.74 Å². The summed E-state index contributed by atoms with van der Waals surface area (Å²) in [5, 5.41) is 2.85. The lowest BCUT2D eigenvalue weighted by molar-refractivity contribution is 0.0929. The molecule has 0 bridgehead atoms. The maximum atomic E-state index is 12.1. The Labute approximate surface area is 123 Å². The Morgan fingerprint density at radius 2 is 2.00 bits per heavy atom. The Kier molecular flexibility index (Phi) is 3.97. The first-order chi connectivity index (χ1) is 10.0. The fourth-order valence-corrected chi connectivity index (χ4v) is 3.56. The summed E-state index contributed by atoms with van der Waals surface area (Å²) in [7, 11) is -3.53. The van der Waals surface area contributed by atoms with Crippen LogP contribution in [0.3, 0.4) is 0 Å². The van der Waals surface area contributed by atoms with E-state index in [1.165, 1.54) is 12.1 Å². The zero-order valence-electron chi connectivity index (χ0n) is 11.5. The molecule has 1 aromatic rings. The van der Waals surface area contributed by atoms with E-state index in [0.717, 1.165) is 19.3 Å². The summed E-state index contributed by atoms with van der Waals surface area (Å²) in [4.78, 5) is 12.3. The molecule has 3 rings (SSSR count). The lowest BCUT2D eigenvalue weighted by atomic mass is 10.2. The van der Waals surface area contributed by atoms with Gasteiger partial charge in [0.1, 0.15) is 0 Å². The summed E-state index contributed by atoms with van der Waals surface area (Å²) in [6.45, 7) is 1.15. The lowest BCUT2D eigenvalue weighted by Crippen LogP contribution is -2.35. The zero-order chi connectivity index (χ0) is 14.9. The number of ether oxygens (including phenoxy) is 1. The van der Waals surface area contributed by atoms with Crippen LogP contribution < -0.4 is 10.0 Å². The summed E-state index contributed by atoms with van der Waals surface area (Å²) in [6.07, 6.45) is 2.54. The molecule has 1 unspecified atom stereocenters. The van der Waals surface area contributed by atoms with Gasteiger partial charge in [-0.25, -0.2) is 13.1 Å². The van der Waals surface area contributed by atoms with Gasteiger partial charge in [-0.3, -0.25) is 4.79 Å². The quantitative estimate of drug-likeness (QED) is 0.836. The third kappa shape index (κ3) is 3.61. The maximum absolute atomic E-state index is 12.1. The second-order valence-corrected chi connectivity index (χ2v) is 7.17. The van der Waals surface area contributed by atoms with Crippen molar-refractivity contribution >= 4 is 15.9 Å². The summed E-state index contributed by atoms with van der Waals surface area (Å²) >= 11 is 0. The van der Waals surface area contributed by atoms with Crippen molar-refractivity contribution in [3.8, 4) is 0 Å². The van der Waals surface area contributed by atoms with Gasteiger partial charge in [0, 0.05) is 18.2 Å². The highest BCUT2D eigenvalue weighted by atomic mass is 32.2. The molecule has 1 saturated heterocycles. The van der Waals surface area contributed by atoms with E-state index in [1.807, 2.05) is 0 Å². The average Bonchev–Trinajstić information content (AvgIpc) is 3.11. The van der Waals surface area contributed by atoms with Crippen LogP contribution in [0.2, 0.25) is 0 Å². The van der Waals surface area contributed by atoms with E-state index in [1.54, 1.807) is 12.1 Å². The summed E-state index contributed by atoms with van der Waals surface area (Å²) in [6, 6.07) is 6.16. The monoisotopic (exact) mass is 310 g/mol. The van der Waals surface area contributed by atoms with Crippen LogP contribution in [-0.2, 0) is 14.8 Å². The lowest BCUT2D eigenvalue weighted by Gasteiger charge is -2.11. The highest BCUT2D eigenvalue weighted by Gasteiger charge is 2.28. The standard InChI is InChI=1S/C14H18N2O4S/c17-14(15-12-6-7-20-9-12)10-2-1-3-13(8-10)21(18,19)16-11-4-5-11/h1-3,8,11-12,16H,4-7,9H2,(H,15,17). The molecule has 114 valence electrons. The van der Waals surface area contributed by atoms with Gasteiger partial charge in [-0.05, 0) is 37.5 Å². The molecular formula is C14H18N2O4S. The van der Waals surface area contributed by atoms with E-state index in [9.17, 15) is 13.2 Å². The van der Waals surface area contributed by atoms with Crippen LogP contribution in [0.25, 0.3) is 0 Å². The van der Waals surface area contributed by atoms with Crippen molar-refractivity contribution in [1.82, 2.24) is 10.0 Å². The number of rotatable bonds is 5. The van der Waals surface area contributed by atoms with E-state index >= 15 is 0 Å². The van der Waals surface area contributed by atoms with Crippen LogP contribution in [0.5, 0.6) is 0 Å². The van der Waals surface area contributed by atoms with Crippen molar-refractivity contribution in [2.75, 3.05) is 13.2 Å². The predicted molar refractivity (Wildman–Crippen MR) is 76.5 cm³/mol. The molecule has 6 nitrogen and oxygen atoms in total. The van der Waals surface area contributed by atoms with Gasteiger partial charge in [0.15, 0.2) is 0 Å². The SMILES string of the molecule is O=C(NC1CCOC1)c1cccc(S(=O)(=O)NC2CC2)c1. The largest absolute Gasteiger partial charge is 0.379 e. The molecule has 0 spiro atoms. The number of amides is 1. The fourth-order valence-electron chi connectivity index (χ4n) is 2.21. The highest BCUT2D eigenvalue weighted by molar-refractivity contribution is 7.89. The van der Waals surface area contributed by atoms with Gasteiger partial charge in [-0.15, -0.1) is 0 Å². The molecule has 1 amide bonds. The highest BCUT2D eigenvalue weighted by Crippen LogP contribution is 2.22. The van der Waals surface area contributed by atoms with Crippen LogP contribution in [0.4, 0.5) is 0 Å². The van der Waals surface area contributed by atoms with Crippen LogP contribution in [-0.4, -0.2) is 39.6 Å². The molecule has 1 atom stereocenters. The summed E-state index contributed by atoms with van der Waals surface area (Å²) in [5.41, 5.74) is 0.348. The van der Waals surface area contributed by atoms with E-state index in [2.05, 4.69) is 10.0 Å². The molecule has 7 heteroatoms. The second kappa shape index (κ2) is 5.75. The predicted octanol–water partition coefficient (Wildman–Crippen LogP) is 0.646. The van der Waals surface area contributed by atoms with Gasteiger partial charge in [0.05, 0.1) is 17.5 Å². The minimum atomic E-state index is -3.53. The van der Waals surface area contributed by atoms with Gasteiger partial charge in [-0.2, -0.15) is 0 Å². The van der Waals surface area contributed by atoms with Gasteiger partial charge in [0.25, 0.3) is 5.91 Å². The number of hydrogen-bond acceptors (Lipinski definition) is 4. The van der Waals surface area contributed by atoms with Crippen molar-refractivity contribution in [3.05, 3.63) is 29.8 Å². The molecule has 1 aliphatic carbocycles. The number of hydrogen-bond donors (Lipinski definition) is 2. The first-order valence-electron chi connectivity index (χ1n) is 7.05. The number of nitrogens with one attached hydrogen (secondary N) is 2.